The summed E-state index contributed by atoms with van der Waals surface area (Å²) in [6.45, 7) is 5.29. The molecule has 0 unspecified atom stereocenters. The number of benzene rings is 1. The number of hydrogen-bond acceptors (Lipinski definition) is 4. The SMILES string of the molecule is CCOC(=O)c1c(C)[nH]c(C)c1C(=O)C(C#N)=Cc1ccc(Br)cc1. The van der Waals surface area contributed by atoms with Gasteiger partial charge >= 0.3 is 5.97 Å². The van der Waals surface area contributed by atoms with Crippen LogP contribution < -0.4 is 0 Å². The standard InChI is InChI=1S/C19H17BrN2O3/c1-4-25-19(24)17-12(3)22-11(2)16(17)18(23)14(10-21)9-13-5-7-15(20)8-6-13/h5-9,22H,4H2,1-3H3. The topological polar surface area (TPSA) is 83.0 Å². The first kappa shape index (κ1) is 18.7. The summed E-state index contributed by atoms with van der Waals surface area (Å²) in [6.07, 6.45) is 1.51. The number of nitriles is 1. The molecule has 1 N–H and O–H groups in total. The molecule has 1 heterocycles. The van der Waals surface area contributed by atoms with Crippen LogP contribution in [0, 0.1) is 25.2 Å². The average Bonchev–Trinajstić information content (AvgIpc) is 2.88. The van der Waals surface area contributed by atoms with Crippen molar-refractivity contribution >= 4 is 33.8 Å². The van der Waals surface area contributed by atoms with E-state index in [0.717, 1.165) is 10.0 Å². The number of carbonyl (C=O) groups excluding carboxylic acids is 2. The van der Waals surface area contributed by atoms with E-state index in [1.807, 2.05) is 18.2 Å². The zero-order valence-electron chi connectivity index (χ0n) is 14.1. The number of aryl methyl sites for hydroxylation is 2. The molecule has 128 valence electrons. The number of halogens is 1. The lowest BCUT2D eigenvalue weighted by Gasteiger charge is -2.05. The molecular weight excluding hydrogens is 384 g/mol. The fraction of sp³-hybridized carbons (Fsp3) is 0.211. The molecule has 0 radical (unpaired) electrons. The van der Waals surface area contributed by atoms with Gasteiger partial charge in [0.25, 0.3) is 0 Å². The van der Waals surface area contributed by atoms with Gasteiger partial charge in [-0.1, -0.05) is 28.1 Å². The van der Waals surface area contributed by atoms with Crippen LogP contribution in [0.1, 0.15) is 44.6 Å². The van der Waals surface area contributed by atoms with Gasteiger partial charge in [0, 0.05) is 15.9 Å². The zero-order chi connectivity index (χ0) is 18.6. The smallest absolute Gasteiger partial charge is 0.340 e. The van der Waals surface area contributed by atoms with Crippen molar-refractivity contribution in [2.75, 3.05) is 6.61 Å². The first-order chi connectivity index (χ1) is 11.9. The van der Waals surface area contributed by atoms with Gasteiger partial charge in [-0.25, -0.2) is 4.79 Å². The van der Waals surface area contributed by atoms with E-state index in [9.17, 15) is 14.9 Å². The van der Waals surface area contributed by atoms with Crippen molar-refractivity contribution in [3.05, 3.63) is 62.4 Å². The van der Waals surface area contributed by atoms with Crippen molar-refractivity contribution in [1.29, 1.82) is 5.26 Å². The maximum atomic E-state index is 12.9. The number of aromatic nitrogens is 1. The highest BCUT2D eigenvalue weighted by Crippen LogP contribution is 2.24. The highest BCUT2D eigenvalue weighted by Gasteiger charge is 2.27. The lowest BCUT2D eigenvalue weighted by atomic mass is 9.98. The first-order valence-electron chi connectivity index (χ1n) is 7.67. The van der Waals surface area contributed by atoms with E-state index >= 15 is 0 Å². The highest BCUT2D eigenvalue weighted by atomic mass is 79.9. The van der Waals surface area contributed by atoms with Crippen LogP contribution >= 0.6 is 15.9 Å². The van der Waals surface area contributed by atoms with Crippen LogP contribution in [0.2, 0.25) is 0 Å². The van der Waals surface area contributed by atoms with Gasteiger partial charge in [0.2, 0.25) is 5.78 Å². The molecule has 0 aliphatic heterocycles. The second kappa shape index (κ2) is 7.95. The molecule has 0 saturated heterocycles. The summed E-state index contributed by atoms with van der Waals surface area (Å²) < 4.78 is 5.94. The van der Waals surface area contributed by atoms with E-state index in [4.69, 9.17) is 4.74 Å². The van der Waals surface area contributed by atoms with Gasteiger partial charge in [0.15, 0.2) is 0 Å². The number of esters is 1. The Morgan fingerprint density at radius 3 is 2.36 bits per heavy atom. The minimum atomic E-state index is -0.575. The molecule has 0 aliphatic rings. The number of H-pyrrole nitrogens is 1. The number of carbonyl (C=O) groups is 2. The third-order valence-corrected chi connectivity index (χ3v) is 4.16. The molecule has 25 heavy (non-hydrogen) atoms. The molecule has 2 rings (SSSR count). The second-order valence-electron chi connectivity index (χ2n) is 5.40. The minimum absolute atomic E-state index is 0.0463. The number of aromatic amines is 1. The van der Waals surface area contributed by atoms with Crippen molar-refractivity contribution in [3.8, 4) is 6.07 Å². The first-order valence-corrected chi connectivity index (χ1v) is 8.46. The van der Waals surface area contributed by atoms with Crippen LogP contribution in [0.4, 0.5) is 0 Å². The summed E-state index contributed by atoms with van der Waals surface area (Å²) in [6, 6.07) is 9.15. The molecule has 1 aromatic carbocycles. The normalized spacial score (nSPS) is 11.1. The zero-order valence-corrected chi connectivity index (χ0v) is 15.7. The van der Waals surface area contributed by atoms with E-state index in [2.05, 4.69) is 20.9 Å². The minimum Gasteiger partial charge on any atom is -0.462 e. The number of allylic oxidation sites excluding steroid dienone is 1. The molecule has 0 bridgehead atoms. The van der Waals surface area contributed by atoms with Crippen molar-refractivity contribution < 1.29 is 14.3 Å². The van der Waals surface area contributed by atoms with E-state index in [-0.39, 0.29) is 23.3 Å². The Kier molecular flexibility index (Phi) is 5.94. The number of ketones is 1. The van der Waals surface area contributed by atoms with Gasteiger partial charge in [-0.2, -0.15) is 5.26 Å². The maximum Gasteiger partial charge on any atom is 0.340 e. The molecule has 0 amide bonds. The number of nitrogens with zero attached hydrogens (tertiary/aromatic N) is 1. The van der Waals surface area contributed by atoms with E-state index in [0.29, 0.717) is 11.4 Å². The average molecular weight is 401 g/mol. The van der Waals surface area contributed by atoms with Crippen molar-refractivity contribution in [2.45, 2.75) is 20.8 Å². The number of hydrogen-bond donors (Lipinski definition) is 1. The van der Waals surface area contributed by atoms with Crippen LogP contribution in [0.5, 0.6) is 0 Å². The molecule has 0 atom stereocenters. The summed E-state index contributed by atoms with van der Waals surface area (Å²) in [5.74, 6) is -1.08. The molecular formula is C19H17BrN2O3. The molecule has 1 aromatic heterocycles. The Labute approximate surface area is 154 Å². The molecule has 2 aromatic rings. The van der Waals surface area contributed by atoms with E-state index in [1.54, 1.807) is 32.9 Å². The number of rotatable bonds is 5. The Hall–Kier alpha value is -2.65. The van der Waals surface area contributed by atoms with Crippen LogP contribution in [0.15, 0.2) is 34.3 Å². The van der Waals surface area contributed by atoms with Crippen molar-refractivity contribution in [1.82, 2.24) is 4.98 Å². The lowest BCUT2D eigenvalue weighted by Crippen LogP contribution is -2.13. The van der Waals surface area contributed by atoms with Gasteiger partial charge in [-0.15, -0.1) is 0 Å². The summed E-state index contributed by atoms with van der Waals surface area (Å²) in [4.78, 5) is 28.1. The Bertz CT molecular complexity index is 887. The highest BCUT2D eigenvalue weighted by molar-refractivity contribution is 9.10. The Morgan fingerprint density at radius 2 is 1.80 bits per heavy atom. The molecule has 0 fully saturated rings. The number of nitrogens with one attached hydrogen (secondary N) is 1. The van der Waals surface area contributed by atoms with Crippen LogP contribution in [0.3, 0.4) is 0 Å². The maximum absolute atomic E-state index is 12.9. The van der Waals surface area contributed by atoms with Crippen LogP contribution in [-0.4, -0.2) is 23.3 Å². The molecule has 5 nitrogen and oxygen atoms in total. The summed E-state index contributed by atoms with van der Waals surface area (Å²) >= 11 is 3.34. The van der Waals surface area contributed by atoms with Gasteiger partial charge in [0.1, 0.15) is 11.6 Å². The third-order valence-electron chi connectivity index (χ3n) is 3.63. The van der Waals surface area contributed by atoms with E-state index < -0.39 is 11.8 Å². The largest absolute Gasteiger partial charge is 0.462 e. The molecule has 0 spiro atoms. The second-order valence-corrected chi connectivity index (χ2v) is 6.31. The van der Waals surface area contributed by atoms with Gasteiger partial charge in [-0.3, -0.25) is 4.79 Å². The Balaban J connectivity index is 2.50. The summed E-state index contributed by atoms with van der Waals surface area (Å²) in [5.41, 5.74) is 2.11. The fourth-order valence-corrected chi connectivity index (χ4v) is 2.80. The van der Waals surface area contributed by atoms with Crippen molar-refractivity contribution in [2.24, 2.45) is 0 Å². The molecule has 6 heteroatoms. The number of Topliss-reactive ketones (excluding diaryl/α,β-unsaturated/α-hetero) is 1. The predicted molar refractivity (Wildman–Crippen MR) is 98.3 cm³/mol. The Morgan fingerprint density at radius 1 is 1.20 bits per heavy atom. The van der Waals surface area contributed by atoms with Gasteiger partial charge < -0.3 is 9.72 Å². The monoisotopic (exact) mass is 400 g/mol. The van der Waals surface area contributed by atoms with Crippen molar-refractivity contribution in [3.63, 3.8) is 0 Å². The molecule has 0 aliphatic carbocycles. The fourth-order valence-electron chi connectivity index (χ4n) is 2.53. The van der Waals surface area contributed by atoms with Crippen LogP contribution in [-0.2, 0) is 4.74 Å². The predicted octanol–water partition coefficient (Wildman–Crippen LogP) is 4.36. The van der Waals surface area contributed by atoms with Crippen LogP contribution in [0.25, 0.3) is 6.08 Å². The quantitative estimate of drug-likeness (QED) is 0.349. The van der Waals surface area contributed by atoms with Gasteiger partial charge in [-0.05, 0) is 44.5 Å². The number of ether oxygens (including phenoxy) is 1. The molecule has 0 saturated carbocycles. The summed E-state index contributed by atoms with van der Waals surface area (Å²) in [5, 5.41) is 9.43. The van der Waals surface area contributed by atoms with E-state index in [1.165, 1.54) is 6.08 Å². The third kappa shape index (κ3) is 4.06. The van der Waals surface area contributed by atoms with Gasteiger partial charge in [0.05, 0.1) is 17.7 Å². The lowest BCUT2D eigenvalue weighted by molar-refractivity contribution is 0.0523. The summed E-state index contributed by atoms with van der Waals surface area (Å²) in [7, 11) is 0.